The number of halogens is 3. The molecule has 0 spiro atoms. The molecule has 1 aromatic rings. The van der Waals surface area contributed by atoms with Gasteiger partial charge in [0.05, 0.1) is 5.02 Å². The van der Waals surface area contributed by atoms with Crippen molar-refractivity contribution in [3.05, 3.63) is 33.3 Å². The van der Waals surface area contributed by atoms with Crippen molar-refractivity contribution in [1.29, 1.82) is 0 Å². The molecule has 0 saturated heterocycles. The maximum Gasteiger partial charge on any atom is 0.164 e. The molecule has 1 nitrogen and oxygen atoms in total. The third kappa shape index (κ3) is 4.56. The Labute approximate surface area is 118 Å². The number of alkyl halides is 1. The van der Waals surface area contributed by atoms with E-state index in [0.717, 1.165) is 29.1 Å². The van der Waals surface area contributed by atoms with E-state index in [9.17, 15) is 4.79 Å². The zero-order valence-electron chi connectivity index (χ0n) is 8.81. The molecular formula is C12H13Br2ClO. The van der Waals surface area contributed by atoms with Crippen molar-refractivity contribution in [2.45, 2.75) is 25.7 Å². The molecule has 0 atom stereocenters. The SMILES string of the molecule is O=C(CCCCCBr)c1ccc(Br)cc1Cl. The first-order valence-corrected chi connectivity index (χ1v) is 7.48. The van der Waals surface area contributed by atoms with E-state index >= 15 is 0 Å². The molecule has 1 aromatic carbocycles. The highest BCUT2D eigenvalue weighted by atomic mass is 79.9. The minimum absolute atomic E-state index is 0.132. The van der Waals surface area contributed by atoms with Crippen LogP contribution in [0.3, 0.4) is 0 Å². The Kier molecular flexibility index (Phi) is 6.62. The molecule has 0 N–H and O–H groups in total. The summed E-state index contributed by atoms with van der Waals surface area (Å²) in [6.45, 7) is 0. The first-order valence-electron chi connectivity index (χ1n) is 5.19. The number of ketones is 1. The Morgan fingerprint density at radius 1 is 1.25 bits per heavy atom. The molecule has 4 heteroatoms. The van der Waals surface area contributed by atoms with Crippen molar-refractivity contribution in [1.82, 2.24) is 0 Å². The van der Waals surface area contributed by atoms with Crippen LogP contribution in [0.5, 0.6) is 0 Å². The number of hydrogen-bond donors (Lipinski definition) is 0. The van der Waals surface area contributed by atoms with Crippen LogP contribution in [0, 0.1) is 0 Å². The summed E-state index contributed by atoms with van der Waals surface area (Å²) in [4.78, 5) is 11.8. The first kappa shape index (κ1) is 14.2. The molecule has 0 fully saturated rings. The van der Waals surface area contributed by atoms with Gasteiger partial charge in [0.25, 0.3) is 0 Å². The van der Waals surface area contributed by atoms with E-state index in [4.69, 9.17) is 11.6 Å². The van der Waals surface area contributed by atoms with Crippen molar-refractivity contribution in [2.24, 2.45) is 0 Å². The summed E-state index contributed by atoms with van der Waals surface area (Å²) in [7, 11) is 0. The molecule has 0 amide bonds. The van der Waals surface area contributed by atoms with Crippen LogP contribution in [0.2, 0.25) is 5.02 Å². The number of carbonyl (C=O) groups excluding carboxylic acids is 1. The highest BCUT2D eigenvalue weighted by molar-refractivity contribution is 9.10. The largest absolute Gasteiger partial charge is 0.294 e. The minimum atomic E-state index is 0.132. The average Bonchev–Trinajstić information content (AvgIpc) is 2.24. The Hall–Kier alpha value is 0.140. The minimum Gasteiger partial charge on any atom is -0.294 e. The van der Waals surface area contributed by atoms with Crippen LogP contribution >= 0.6 is 43.5 Å². The topological polar surface area (TPSA) is 17.1 Å². The zero-order chi connectivity index (χ0) is 12.0. The van der Waals surface area contributed by atoms with Gasteiger partial charge >= 0.3 is 0 Å². The second-order valence-electron chi connectivity index (χ2n) is 3.55. The van der Waals surface area contributed by atoms with E-state index in [2.05, 4.69) is 31.9 Å². The Morgan fingerprint density at radius 3 is 2.62 bits per heavy atom. The lowest BCUT2D eigenvalue weighted by Crippen LogP contribution is -2.00. The van der Waals surface area contributed by atoms with Crippen LogP contribution in [-0.4, -0.2) is 11.1 Å². The van der Waals surface area contributed by atoms with Crippen LogP contribution in [-0.2, 0) is 0 Å². The third-order valence-corrected chi connectivity index (χ3v) is 3.64. The van der Waals surface area contributed by atoms with Gasteiger partial charge in [-0.1, -0.05) is 49.9 Å². The fourth-order valence-corrected chi connectivity index (χ4v) is 2.58. The fourth-order valence-electron chi connectivity index (χ4n) is 1.41. The summed E-state index contributed by atoms with van der Waals surface area (Å²) in [5.41, 5.74) is 0.628. The third-order valence-electron chi connectivity index (χ3n) is 2.27. The second kappa shape index (κ2) is 7.46. The highest BCUT2D eigenvalue weighted by Gasteiger charge is 2.09. The van der Waals surface area contributed by atoms with Crippen LogP contribution in [0.4, 0.5) is 0 Å². The lowest BCUT2D eigenvalue weighted by atomic mass is 10.1. The normalized spacial score (nSPS) is 10.4. The standard InChI is InChI=1S/C12H13Br2ClO/c13-7-3-1-2-4-12(16)10-6-5-9(14)8-11(10)15/h5-6,8H,1-4,7H2. The number of hydrogen-bond acceptors (Lipinski definition) is 1. The molecule has 0 heterocycles. The first-order chi connectivity index (χ1) is 7.65. The maximum atomic E-state index is 11.8. The molecule has 16 heavy (non-hydrogen) atoms. The Bertz CT molecular complexity index is 366. The van der Waals surface area contributed by atoms with Gasteiger partial charge in [-0.3, -0.25) is 4.79 Å². The van der Waals surface area contributed by atoms with E-state index in [-0.39, 0.29) is 5.78 Å². The maximum absolute atomic E-state index is 11.8. The lowest BCUT2D eigenvalue weighted by molar-refractivity contribution is 0.0979. The van der Waals surface area contributed by atoms with Gasteiger partial charge in [-0.05, 0) is 31.0 Å². The van der Waals surface area contributed by atoms with Crippen LogP contribution in [0.25, 0.3) is 0 Å². The van der Waals surface area contributed by atoms with Crippen molar-refractivity contribution in [2.75, 3.05) is 5.33 Å². The summed E-state index contributed by atoms with van der Waals surface area (Å²) in [6, 6.07) is 5.38. The molecule has 0 saturated carbocycles. The summed E-state index contributed by atoms with van der Waals surface area (Å²) in [5.74, 6) is 0.132. The molecule has 88 valence electrons. The molecule has 0 aromatic heterocycles. The second-order valence-corrected chi connectivity index (χ2v) is 5.66. The van der Waals surface area contributed by atoms with Crippen LogP contribution in [0.1, 0.15) is 36.0 Å². The van der Waals surface area contributed by atoms with Gasteiger partial charge in [0.2, 0.25) is 0 Å². The van der Waals surface area contributed by atoms with Gasteiger partial charge < -0.3 is 0 Å². The molecular weight excluding hydrogens is 355 g/mol. The fraction of sp³-hybridized carbons (Fsp3) is 0.417. The average molecular weight is 368 g/mol. The van der Waals surface area contributed by atoms with E-state index in [1.807, 2.05) is 6.07 Å². The Morgan fingerprint density at radius 2 is 2.00 bits per heavy atom. The molecule has 0 bridgehead atoms. The summed E-state index contributed by atoms with van der Waals surface area (Å²) in [5, 5.41) is 1.53. The van der Waals surface area contributed by atoms with Crippen molar-refractivity contribution >= 4 is 49.2 Å². The molecule has 0 aliphatic rings. The monoisotopic (exact) mass is 366 g/mol. The van der Waals surface area contributed by atoms with Gasteiger partial charge in [0, 0.05) is 21.8 Å². The quantitative estimate of drug-likeness (QED) is 0.381. The molecule has 0 unspecified atom stereocenters. The van der Waals surface area contributed by atoms with Crippen molar-refractivity contribution < 1.29 is 4.79 Å². The van der Waals surface area contributed by atoms with E-state index in [0.29, 0.717) is 17.0 Å². The van der Waals surface area contributed by atoms with Crippen molar-refractivity contribution in [3.63, 3.8) is 0 Å². The van der Waals surface area contributed by atoms with Gasteiger partial charge in [0.15, 0.2) is 5.78 Å². The lowest BCUT2D eigenvalue weighted by Gasteiger charge is -2.03. The summed E-state index contributed by atoms with van der Waals surface area (Å²) >= 11 is 12.7. The highest BCUT2D eigenvalue weighted by Crippen LogP contribution is 2.23. The van der Waals surface area contributed by atoms with E-state index in [1.54, 1.807) is 12.1 Å². The molecule has 0 aliphatic heterocycles. The van der Waals surface area contributed by atoms with E-state index in [1.165, 1.54) is 0 Å². The van der Waals surface area contributed by atoms with Gasteiger partial charge in [0.1, 0.15) is 0 Å². The van der Waals surface area contributed by atoms with Crippen LogP contribution in [0.15, 0.2) is 22.7 Å². The van der Waals surface area contributed by atoms with Gasteiger partial charge in [-0.15, -0.1) is 0 Å². The summed E-state index contributed by atoms with van der Waals surface area (Å²) in [6.07, 6.45) is 3.69. The van der Waals surface area contributed by atoms with Crippen molar-refractivity contribution in [3.8, 4) is 0 Å². The molecule has 1 rings (SSSR count). The molecule has 0 radical (unpaired) electrons. The van der Waals surface area contributed by atoms with Crippen LogP contribution < -0.4 is 0 Å². The number of benzene rings is 1. The van der Waals surface area contributed by atoms with Gasteiger partial charge in [-0.2, -0.15) is 0 Å². The smallest absolute Gasteiger partial charge is 0.164 e. The predicted octanol–water partition coefficient (Wildman–Crippen LogP) is 5.24. The summed E-state index contributed by atoms with van der Waals surface area (Å²) < 4.78 is 0.897. The number of unbranched alkanes of at least 4 members (excludes halogenated alkanes) is 2. The number of rotatable bonds is 6. The van der Waals surface area contributed by atoms with E-state index < -0.39 is 0 Å². The number of Topliss-reactive ketones (excluding diaryl/α,β-unsaturated/α-hetero) is 1. The van der Waals surface area contributed by atoms with Gasteiger partial charge in [-0.25, -0.2) is 0 Å². The molecule has 0 aliphatic carbocycles. The Balaban J connectivity index is 2.53. The predicted molar refractivity (Wildman–Crippen MR) is 75.7 cm³/mol. The number of carbonyl (C=O) groups is 1. The zero-order valence-corrected chi connectivity index (χ0v) is 12.7.